The maximum atomic E-state index is 12.7. The van der Waals surface area contributed by atoms with E-state index < -0.39 is 0 Å². The summed E-state index contributed by atoms with van der Waals surface area (Å²) in [6, 6.07) is 8.06. The molecule has 0 atom stereocenters. The van der Waals surface area contributed by atoms with Crippen LogP contribution in [0.5, 0.6) is 5.75 Å². The van der Waals surface area contributed by atoms with Crippen LogP contribution in [0.3, 0.4) is 0 Å². The zero-order valence-corrected chi connectivity index (χ0v) is 15.3. The number of carbonyl (C=O) groups is 1. The molecule has 1 aromatic carbocycles. The molecule has 5 nitrogen and oxygen atoms in total. The molecule has 1 aliphatic rings. The van der Waals surface area contributed by atoms with Gasteiger partial charge in [0, 0.05) is 19.3 Å². The summed E-state index contributed by atoms with van der Waals surface area (Å²) >= 11 is 0. The van der Waals surface area contributed by atoms with Gasteiger partial charge in [0.2, 0.25) is 0 Å². The smallest absolute Gasteiger partial charge is 0.257 e. The monoisotopic (exact) mass is 339 g/mol. The minimum Gasteiger partial charge on any atom is -0.497 e. The lowest BCUT2D eigenvalue weighted by atomic mass is 9.99. The standard InChI is InChI=1S/C20H25N3O2/c1-20(2,3)23-14-17(13-21-23)19(24)22-11-9-16(10-12-22)15-5-7-18(25-4)8-6-15/h5-9,13-14H,10-12H2,1-4H3. The molecule has 0 bridgehead atoms. The number of rotatable bonds is 3. The summed E-state index contributed by atoms with van der Waals surface area (Å²) in [4.78, 5) is 14.6. The van der Waals surface area contributed by atoms with Gasteiger partial charge < -0.3 is 9.64 Å². The van der Waals surface area contributed by atoms with Crippen molar-refractivity contribution < 1.29 is 9.53 Å². The molecule has 0 fully saturated rings. The van der Waals surface area contributed by atoms with E-state index in [1.165, 1.54) is 11.1 Å². The van der Waals surface area contributed by atoms with Crippen molar-refractivity contribution >= 4 is 11.5 Å². The molecule has 3 rings (SSSR count). The van der Waals surface area contributed by atoms with Crippen LogP contribution in [0.2, 0.25) is 0 Å². The molecule has 25 heavy (non-hydrogen) atoms. The van der Waals surface area contributed by atoms with E-state index in [2.05, 4.69) is 44.1 Å². The third-order valence-corrected chi connectivity index (χ3v) is 4.47. The summed E-state index contributed by atoms with van der Waals surface area (Å²) in [5.74, 6) is 0.897. The number of amides is 1. The van der Waals surface area contributed by atoms with Gasteiger partial charge in [-0.1, -0.05) is 18.2 Å². The summed E-state index contributed by atoms with van der Waals surface area (Å²) < 4.78 is 7.04. The average Bonchev–Trinajstić information content (AvgIpc) is 3.12. The van der Waals surface area contributed by atoms with Crippen molar-refractivity contribution in [3.63, 3.8) is 0 Å². The first kappa shape index (κ1) is 17.3. The molecule has 0 radical (unpaired) electrons. The first-order valence-corrected chi connectivity index (χ1v) is 8.56. The summed E-state index contributed by atoms with van der Waals surface area (Å²) in [6.07, 6.45) is 6.49. The molecule has 2 aromatic rings. The maximum absolute atomic E-state index is 12.7. The van der Waals surface area contributed by atoms with Gasteiger partial charge in [-0.25, -0.2) is 0 Å². The van der Waals surface area contributed by atoms with Gasteiger partial charge in [-0.3, -0.25) is 9.48 Å². The number of ether oxygens (including phenoxy) is 1. The van der Waals surface area contributed by atoms with Crippen molar-refractivity contribution in [1.29, 1.82) is 0 Å². The van der Waals surface area contributed by atoms with Crippen molar-refractivity contribution in [1.82, 2.24) is 14.7 Å². The van der Waals surface area contributed by atoms with Crippen molar-refractivity contribution in [2.24, 2.45) is 0 Å². The van der Waals surface area contributed by atoms with Crippen LogP contribution in [-0.2, 0) is 5.54 Å². The minimum atomic E-state index is -0.123. The van der Waals surface area contributed by atoms with Crippen molar-refractivity contribution in [2.75, 3.05) is 20.2 Å². The normalized spacial score (nSPS) is 15.0. The summed E-state index contributed by atoms with van der Waals surface area (Å²) in [6.45, 7) is 7.55. The van der Waals surface area contributed by atoms with Crippen molar-refractivity contribution in [2.45, 2.75) is 32.7 Å². The SMILES string of the molecule is COc1ccc(C2=CCN(C(=O)c3cnn(C(C)(C)C)c3)CC2)cc1. The van der Waals surface area contributed by atoms with E-state index in [1.54, 1.807) is 13.3 Å². The molecule has 0 saturated carbocycles. The molecule has 0 saturated heterocycles. The molecule has 5 heteroatoms. The number of methoxy groups -OCH3 is 1. The fraction of sp³-hybridized carbons (Fsp3) is 0.400. The van der Waals surface area contributed by atoms with E-state index >= 15 is 0 Å². The molecule has 1 aliphatic heterocycles. The van der Waals surface area contributed by atoms with Gasteiger partial charge >= 0.3 is 0 Å². The van der Waals surface area contributed by atoms with E-state index in [0.717, 1.165) is 18.7 Å². The first-order chi connectivity index (χ1) is 11.9. The number of hydrogen-bond donors (Lipinski definition) is 0. The highest BCUT2D eigenvalue weighted by Gasteiger charge is 2.22. The predicted molar refractivity (Wildman–Crippen MR) is 98.7 cm³/mol. The molecular formula is C20H25N3O2. The second-order valence-corrected chi connectivity index (χ2v) is 7.30. The van der Waals surface area contributed by atoms with E-state index in [9.17, 15) is 4.79 Å². The largest absolute Gasteiger partial charge is 0.497 e. The minimum absolute atomic E-state index is 0.0422. The summed E-state index contributed by atoms with van der Waals surface area (Å²) in [5, 5.41) is 4.32. The van der Waals surface area contributed by atoms with Crippen LogP contribution in [-0.4, -0.2) is 40.8 Å². The van der Waals surface area contributed by atoms with Crippen LogP contribution < -0.4 is 4.74 Å². The van der Waals surface area contributed by atoms with Crippen LogP contribution in [0.25, 0.3) is 5.57 Å². The quantitative estimate of drug-likeness (QED) is 0.859. The van der Waals surface area contributed by atoms with E-state index in [1.807, 2.05) is 27.9 Å². The van der Waals surface area contributed by atoms with Crippen LogP contribution >= 0.6 is 0 Å². The molecule has 132 valence electrons. The Balaban J connectivity index is 1.69. The lowest BCUT2D eigenvalue weighted by molar-refractivity contribution is 0.0772. The highest BCUT2D eigenvalue weighted by Crippen LogP contribution is 2.25. The molecule has 0 spiro atoms. The third-order valence-electron chi connectivity index (χ3n) is 4.47. The second-order valence-electron chi connectivity index (χ2n) is 7.30. The number of hydrogen-bond acceptors (Lipinski definition) is 3. The Morgan fingerprint density at radius 3 is 2.44 bits per heavy atom. The second kappa shape index (κ2) is 6.75. The summed E-state index contributed by atoms with van der Waals surface area (Å²) in [5.41, 5.74) is 2.99. The van der Waals surface area contributed by atoms with Crippen LogP contribution in [0, 0.1) is 0 Å². The molecular weight excluding hydrogens is 314 g/mol. The zero-order valence-electron chi connectivity index (χ0n) is 15.3. The topological polar surface area (TPSA) is 47.4 Å². The van der Waals surface area contributed by atoms with Crippen molar-refractivity contribution in [3.8, 4) is 5.75 Å². The van der Waals surface area contributed by atoms with Gasteiger partial charge in [-0.2, -0.15) is 5.10 Å². The molecule has 0 aliphatic carbocycles. The number of benzene rings is 1. The maximum Gasteiger partial charge on any atom is 0.257 e. The van der Waals surface area contributed by atoms with Crippen LogP contribution in [0.15, 0.2) is 42.7 Å². The summed E-state index contributed by atoms with van der Waals surface area (Å²) in [7, 11) is 1.67. The van der Waals surface area contributed by atoms with Gasteiger partial charge in [0.1, 0.15) is 5.75 Å². The Morgan fingerprint density at radius 2 is 1.92 bits per heavy atom. The zero-order chi connectivity index (χ0) is 18.0. The number of nitrogens with zero attached hydrogens (tertiary/aromatic N) is 3. The van der Waals surface area contributed by atoms with E-state index in [0.29, 0.717) is 12.1 Å². The van der Waals surface area contributed by atoms with Gasteiger partial charge in [-0.05, 0) is 50.5 Å². The highest BCUT2D eigenvalue weighted by atomic mass is 16.5. The highest BCUT2D eigenvalue weighted by molar-refractivity contribution is 5.94. The molecule has 0 N–H and O–H groups in total. The molecule has 2 heterocycles. The Hall–Kier alpha value is -2.56. The molecule has 1 aromatic heterocycles. The Labute approximate surface area is 148 Å². The Morgan fingerprint density at radius 1 is 1.20 bits per heavy atom. The third kappa shape index (κ3) is 3.76. The lowest BCUT2D eigenvalue weighted by Gasteiger charge is -2.26. The van der Waals surface area contributed by atoms with Gasteiger partial charge in [0.25, 0.3) is 5.91 Å². The molecule has 0 unspecified atom stereocenters. The van der Waals surface area contributed by atoms with Crippen LogP contribution in [0.1, 0.15) is 43.1 Å². The lowest BCUT2D eigenvalue weighted by Crippen LogP contribution is -2.34. The van der Waals surface area contributed by atoms with Crippen LogP contribution in [0.4, 0.5) is 0 Å². The Kier molecular flexibility index (Phi) is 4.66. The van der Waals surface area contributed by atoms with Gasteiger partial charge in [0.15, 0.2) is 0 Å². The average molecular weight is 339 g/mol. The van der Waals surface area contributed by atoms with Crippen molar-refractivity contribution in [3.05, 3.63) is 53.9 Å². The Bertz CT molecular complexity index is 782. The first-order valence-electron chi connectivity index (χ1n) is 8.56. The van der Waals surface area contributed by atoms with Gasteiger partial charge in [-0.15, -0.1) is 0 Å². The van der Waals surface area contributed by atoms with Gasteiger partial charge in [0.05, 0.1) is 24.4 Å². The van der Waals surface area contributed by atoms with E-state index in [4.69, 9.17) is 4.74 Å². The molecule has 1 amide bonds. The fourth-order valence-electron chi connectivity index (χ4n) is 2.90. The fourth-order valence-corrected chi connectivity index (χ4v) is 2.90. The van der Waals surface area contributed by atoms with E-state index in [-0.39, 0.29) is 11.4 Å². The number of aromatic nitrogens is 2. The number of carbonyl (C=O) groups excluding carboxylic acids is 1. The predicted octanol–water partition coefficient (Wildman–Crippen LogP) is 3.58.